The van der Waals surface area contributed by atoms with E-state index >= 15 is 0 Å². The third kappa shape index (κ3) is 8.01. The normalized spacial score (nSPS) is 12.7. The van der Waals surface area contributed by atoms with Gasteiger partial charge in [0.15, 0.2) is 0 Å². The summed E-state index contributed by atoms with van der Waals surface area (Å²) in [6.07, 6.45) is 1.05. The maximum absolute atomic E-state index is 14.2. The second-order valence-corrected chi connectivity index (χ2v) is 12.2. The number of anilines is 1. The molecule has 0 fully saturated rings. The zero-order chi connectivity index (χ0) is 30.2. The number of para-hydroxylation sites is 1. The van der Waals surface area contributed by atoms with Crippen molar-refractivity contribution in [3.63, 3.8) is 0 Å². The molecule has 1 N–H and O–H groups in total. The molecule has 2 amide bonds. The Hall–Kier alpha value is -3.56. The van der Waals surface area contributed by atoms with Gasteiger partial charge in [-0.3, -0.25) is 13.9 Å². The number of amides is 2. The van der Waals surface area contributed by atoms with Crippen LogP contribution < -0.4 is 14.4 Å². The van der Waals surface area contributed by atoms with Gasteiger partial charge in [0.2, 0.25) is 11.8 Å². The van der Waals surface area contributed by atoms with E-state index in [-0.39, 0.29) is 34.1 Å². The Morgan fingerprint density at radius 2 is 1.66 bits per heavy atom. The Morgan fingerprint density at radius 1 is 0.976 bits per heavy atom. The zero-order valence-electron chi connectivity index (χ0n) is 24.1. The zero-order valence-corrected chi connectivity index (χ0v) is 25.7. The molecule has 0 aromatic heterocycles. The summed E-state index contributed by atoms with van der Waals surface area (Å²) in [6, 6.07) is 19.1. The number of aryl methyl sites for hydroxylation is 1. The first-order valence-electron chi connectivity index (χ1n) is 13.6. The quantitative estimate of drug-likeness (QED) is 0.277. The molecule has 41 heavy (non-hydrogen) atoms. The van der Waals surface area contributed by atoms with E-state index in [0.717, 1.165) is 21.9 Å². The van der Waals surface area contributed by atoms with Crippen LogP contribution in [-0.4, -0.2) is 50.9 Å². The molecule has 0 bridgehead atoms. The summed E-state index contributed by atoms with van der Waals surface area (Å²) in [6.45, 7) is 7.05. The van der Waals surface area contributed by atoms with Gasteiger partial charge in [-0.25, -0.2) is 8.42 Å². The molecule has 0 saturated carbocycles. The molecule has 0 aliphatic heterocycles. The van der Waals surface area contributed by atoms with E-state index in [4.69, 9.17) is 16.3 Å². The van der Waals surface area contributed by atoms with Crippen molar-refractivity contribution >= 4 is 39.1 Å². The number of carbonyl (C=O) groups excluding carboxylic acids is 2. The summed E-state index contributed by atoms with van der Waals surface area (Å²) in [5.74, 6) is -0.245. The van der Waals surface area contributed by atoms with E-state index in [1.54, 1.807) is 61.7 Å². The molecular weight excluding hydrogens is 562 g/mol. The van der Waals surface area contributed by atoms with Gasteiger partial charge in [-0.1, -0.05) is 67.4 Å². The maximum atomic E-state index is 14.2. The SMILES string of the molecule is CC[C@@H](C)NC(=O)[C@@H](CC)N(Cc1cccc(OC)c1)C(=O)CN(c1ccccc1Cl)S(=O)(=O)c1ccc(C)cc1. The molecule has 0 radical (unpaired) electrons. The Bertz CT molecular complexity index is 1450. The van der Waals surface area contributed by atoms with Crippen molar-refractivity contribution in [1.29, 1.82) is 0 Å². The highest BCUT2D eigenvalue weighted by atomic mass is 35.5. The fraction of sp³-hybridized carbons (Fsp3) is 0.355. The Morgan fingerprint density at radius 3 is 2.27 bits per heavy atom. The summed E-state index contributed by atoms with van der Waals surface area (Å²) >= 11 is 6.47. The molecule has 0 aliphatic carbocycles. The number of methoxy groups -OCH3 is 1. The Balaban J connectivity index is 2.08. The summed E-state index contributed by atoms with van der Waals surface area (Å²) in [5.41, 5.74) is 1.80. The van der Waals surface area contributed by atoms with Gasteiger partial charge in [0, 0.05) is 12.6 Å². The van der Waals surface area contributed by atoms with Crippen LogP contribution in [0, 0.1) is 6.92 Å². The molecule has 0 saturated heterocycles. The lowest BCUT2D eigenvalue weighted by Gasteiger charge is -2.34. The molecule has 0 spiro atoms. The highest BCUT2D eigenvalue weighted by Crippen LogP contribution is 2.31. The second-order valence-electron chi connectivity index (χ2n) is 9.89. The molecule has 2 atom stereocenters. The second kappa shape index (κ2) is 14.4. The van der Waals surface area contributed by atoms with Gasteiger partial charge >= 0.3 is 0 Å². The average molecular weight is 600 g/mol. The third-order valence-electron chi connectivity index (χ3n) is 6.88. The van der Waals surface area contributed by atoms with E-state index < -0.39 is 28.5 Å². The minimum absolute atomic E-state index is 0.0247. The third-order valence-corrected chi connectivity index (χ3v) is 8.98. The van der Waals surface area contributed by atoms with E-state index in [1.807, 2.05) is 33.8 Å². The Kier molecular flexibility index (Phi) is 11.2. The lowest BCUT2D eigenvalue weighted by atomic mass is 10.1. The number of rotatable bonds is 13. The van der Waals surface area contributed by atoms with E-state index in [9.17, 15) is 18.0 Å². The molecule has 3 rings (SSSR count). The summed E-state index contributed by atoms with van der Waals surface area (Å²) < 4.78 is 34.3. The number of ether oxygens (including phenoxy) is 1. The van der Waals surface area contributed by atoms with Crippen LogP contribution >= 0.6 is 11.6 Å². The highest BCUT2D eigenvalue weighted by molar-refractivity contribution is 7.92. The number of nitrogens with zero attached hydrogens (tertiary/aromatic N) is 2. The van der Waals surface area contributed by atoms with Crippen molar-refractivity contribution in [3.8, 4) is 5.75 Å². The lowest BCUT2D eigenvalue weighted by molar-refractivity contribution is -0.140. The van der Waals surface area contributed by atoms with Crippen LogP contribution in [0.15, 0.2) is 77.7 Å². The summed E-state index contributed by atoms with van der Waals surface area (Å²) in [5, 5.41) is 3.15. The van der Waals surface area contributed by atoms with Crippen molar-refractivity contribution in [2.24, 2.45) is 0 Å². The van der Waals surface area contributed by atoms with Crippen LogP contribution in [0.25, 0.3) is 0 Å². The highest BCUT2D eigenvalue weighted by Gasteiger charge is 2.34. The fourth-order valence-electron chi connectivity index (χ4n) is 4.33. The average Bonchev–Trinajstić information content (AvgIpc) is 2.96. The largest absolute Gasteiger partial charge is 0.497 e. The molecule has 220 valence electrons. The first-order chi connectivity index (χ1) is 19.5. The molecule has 0 unspecified atom stereocenters. The van der Waals surface area contributed by atoms with E-state index in [2.05, 4.69) is 5.32 Å². The van der Waals surface area contributed by atoms with Crippen LogP contribution in [0.1, 0.15) is 44.7 Å². The summed E-state index contributed by atoms with van der Waals surface area (Å²) in [4.78, 5) is 29.0. The smallest absolute Gasteiger partial charge is 0.264 e. The van der Waals surface area contributed by atoms with Crippen molar-refractivity contribution in [2.75, 3.05) is 18.0 Å². The predicted molar refractivity (Wildman–Crippen MR) is 163 cm³/mol. The van der Waals surface area contributed by atoms with Gasteiger partial charge < -0.3 is 15.0 Å². The van der Waals surface area contributed by atoms with Gasteiger partial charge in [0.25, 0.3) is 10.0 Å². The number of halogens is 1. The van der Waals surface area contributed by atoms with Crippen molar-refractivity contribution < 1.29 is 22.7 Å². The lowest BCUT2D eigenvalue weighted by Crippen LogP contribution is -2.53. The number of sulfonamides is 1. The van der Waals surface area contributed by atoms with Crippen LogP contribution in [0.5, 0.6) is 5.75 Å². The van der Waals surface area contributed by atoms with Crippen molar-refractivity contribution in [2.45, 2.75) is 64.1 Å². The molecule has 0 heterocycles. The minimum Gasteiger partial charge on any atom is -0.497 e. The molecule has 10 heteroatoms. The predicted octanol–water partition coefficient (Wildman–Crippen LogP) is 5.57. The molecular formula is C31H38ClN3O5S. The molecule has 0 aliphatic rings. The monoisotopic (exact) mass is 599 g/mol. The van der Waals surface area contributed by atoms with Crippen LogP contribution in [0.3, 0.4) is 0 Å². The number of benzene rings is 3. The van der Waals surface area contributed by atoms with Gasteiger partial charge in [-0.05, 0) is 68.7 Å². The number of hydrogen-bond acceptors (Lipinski definition) is 5. The topological polar surface area (TPSA) is 96.0 Å². The van der Waals surface area contributed by atoms with Crippen LogP contribution in [0.2, 0.25) is 5.02 Å². The van der Waals surface area contributed by atoms with Gasteiger partial charge in [-0.15, -0.1) is 0 Å². The van der Waals surface area contributed by atoms with E-state index in [1.165, 1.54) is 17.0 Å². The Labute approximate surface area is 248 Å². The van der Waals surface area contributed by atoms with Crippen molar-refractivity contribution in [1.82, 2.24) is 10.2 Å². The first-order valence-corrected chi connectivity index (χ1v) is 15.4. The number of hydrogen-bond donors (Lipinski definition) is 1. The van der Waals surface area contributed by atoms with Gasteiger partial charge in [0.1, 0.15) is 18.3 Å². The molecule has 8 nitrogen and oxygen atoms in total. The fourth-order valence-corrected chi connectivity index (χ4v) is 6.05. The van der Waals surface area contributed by atoms with Crippen molar-refractivity contribution in [3.05, 3.63) is 88.9 Å². The van der Waals surface area contributed by atoms with Gasteiger partial charge in [-0.2, -0.15) is 0 Å². The van der Waals surface area contributed by atoms with Crippen LogP contribution in [-0.2, 0) is 26.2 Å². The molecule has 3 aromatic rings. The summed E-state index contributed by atoms with van der Waals surface area (Å²) in [7, 11) is -2.65. The molecule has 3 aromatic carbocycles. The minimum atomic E-state index is -4.20. The van der Waals surface area contributed by atoms with Gasteiger partial charge in [0.05, 0.1) is 22.7 Å². The number of carbonyl (C=O) groups is 2. The maximum Gasteiger partial charge on any atom is 0.264 e. The van der Waals surface area contributed by atoms with E-state index in [0.29, 0.717) is 12.2 Å². The number of nitrogens with one attached hydrogen (secondary N) is 1. The standard InChI is InChI=1S/C31H38ClN3O5S/c1-6-23(4)33-31(37)28(7-2)34(20-24-11-10-12-25(19-24)40-5)30(36)21-35(29-14-9-8-13-27(29)32)41(38,39)26-17-15-22(3)16-18-26/h8-19,23,28H,6-7,20-21H2,1-5H3,(H,33,37)/t23-,28-/m1/s1. The van der Waals surface area contributed by atoms with Crippen LogP contribution in [0.4, 0.5) is 5.69 Å². The first kappa shape index (κ1) is 32.0.